The van der Waals surface area contributed by atoms with E-state index >= 15 is 4.57 Å². The van der Waals surface area contributed by atoms with Gasteiger partial charge in [-0.05, 0) is 28.6 Å². The number of nitrogens with zero attached hydrogens (tertiary/aromatic N) is 3. The Labute approximate surface area is 284 Å². The summed E-state index contributed by atoms with van der Waals surface area (Å²) in [6, 6.07) is 49.7. The Morgan fingerprint density at radius 2 is 1.04 bits per heavy atom. The lowest BCUT2D eigenvalue weighted by Gasteiger charge is -2.38. The van der Waals surface area contributed by atoms with Crippen LogP contribution < -0.4 is 26.3 Å². The molecule has 48 heavy (non-hydrogen) atoms. The lowest BCUT2D eigenvalue weighted by Crippen LogP contribution is -2.67. The SMILES string of the molecule is C[Si]1(C)c2ccc(-c3nc(-c4ccccc4)nc(-c4ccccc4)n3)cc2P(=O)(c2ccccc2)c2cc3sc4ccccc4c3cc21. The van der Waals surface area contributed by atoms with Gasteiger partial charge in [0, 0.05) is 52.8 Å². The van der Waals surface area contributed by atoms with Crippen LogP contribution in [0.15, 0.2) is 146 Å². The summed E-state index contributed by atoms with van der Waals surface area (Å²) in [6.45, 7) is 4.78. The molecule has 3 heterocycles. The standard InChI is InChI=1S/C41H30N3OPSSi/c1-48(2)37-23-22-29(41-43-39(27-14-6-3-7-15-27)42-40(44-41)28-16-8-4-9-17-28)24-33(37)46(45,30-18-10-5-11-19-30)34-26-36-32(25-38(34)48)31-20-12-13-21-35(31)47-36/h3-26H,1-2H3. The minimum Gasteiger partial charge on any atom is -0.309 e. The lowest BCUT2D eigenvalue weighted by atomic mass is 10.1. The van der Waals surface area contributed by atoms with E-state index < -0.39 is 15.2 Å². The first-order chi connectivity index (χ1) is 23.4. The quantitative estimate of drug-likeness (QED) is 0.141. The smallest absolute Gasteiger partial charge is 0.170 e. The first-order valence-corrected chi connectivity index (χ1v) is 21.6. The molecule has 230 valence electrons. The van der Waals surface area contributed by atoms with Gasteiger partial charge in [0.2, 0.25) is 0 Å². The summed E-state index contributed by atoms with van der Waals surface area (Å²) in [5.41, 5.74) is 2.67. The predicted molar refractivity (Wildman–Crippen MR) is 205 cm³/mol. The van der Waals surface area contributed by atoms with Crippen LogP contribution >= 0.6 is 18.5 Å². The highest BCUT2D eigenvalue weighted by atomic mass is 32.1. The second kappa shape index (κ2) is 11.0. The van der Waals surface area contributed by atoms with Gasteiger partial charge in [-0.25, -0.2) is 15.0 Å². The Bertz CT molecular complexity index is 2510. The largest absolute Gasteiger partial charge is 0.309 e. The van der Waals surface area contributed by atoms with E-state index in [-0.39, 0.29) is 0 Å². The van der Waals surface area contributed by atoms with Crippen LogP contribution in [0, 0.1) is 0 Å². The van der Waals surface area contributed by atoms with Gasteiger partial charge in [-0.15, -0.1) is 11.3 Å². The highest BCUT2D eigenvalue weighted by Crippen LogP contribution is 2.46. The molecule has 0 radical (unpaired) electrons. The van der Waals surface area contributed by atoms with Crippen LogP contribution in [0.2, 0.25) is 13.1 Å². The van der Waals surface area contributed by atoms with Crippen LogP contribution in [0.1, 0.15) is 0 Å². The van der Waals surface area contributed by atoms with E-state index in [9.17, 15) is 0 Å². The van der Waals surface area contributed by atoms with Crippen molar-refractivity contribution < 1.29 is 4.57 Å². The van der Waals surface area contributed by atoms with Crippen molar-refractivity contribution in [3.8, 4) is 34.2 Å². The van der Waals surface area contributed by atoms with E-state index in [0.717, 1.165) is 32.6 Å². The van der Waals surface area contributed by atoms with Gasteiger partial charge in [0.05, 0.1) is 0 Å². The molecule has 1 atom stereocenters. The second-order valence-electron chi connectivity index (χ2n) is 12.8. The van der Waals surface area contributed by atoms with Gasteiger partial charge >= 0.3 is 0 Å². The minimum atomic E-state index is -3.29. The minimum absolute atomic E-state index is 0.565. The normalized spacial score (nSPS) is 16.5. The summed E-state index contributed by atoms with van der Waals surface area (Å²) < 4.78 is 18.6. The molecule has 0 saturated heterocycles. The number of hydrogen-bond donors (Lipinski definition) is 0. The summed E-state index contributed by atoms with van der Waals surface area (Å²) in [7, 11) is -5.59. The molecule has 6 aromatic carbocycles. The van der Waals surface area contributed by atoms with Gasteiger partial charge in [0.15, 0.2) is 24.6 Å². The van der Waals surface area contributed by atoms with Crippen molar-refractivity contribution >= 4 is 73.0 Å². The third kappa shape index (κ3) is 4.48. The molecule has 0 spiro atoms. The van der Waals surface area contributed by atoms with Crippen LogP contribution in [0.4, 0.5) is 0 Å². The average molecular weight is 672 g/mol. The molecule has 1 aliphatic heterocycles. The molecule has 0 saturated carbocycles. The molecule has 9 rings (SSSR count). The molecule has 4 nitrogen and oxygen atoms in total. The van der Waals surface area contributed by atoms with Crippen LogP contribution in [-0.4, -0.2) is 23.0 Å². The zero-order valence-corrected chi connectivity index (χ0v) is 29.2. The average Bonchev–Trinajstić information content (AvgIpc) is 3.52. The van der Waals surface area contributed by atoms with Crippen molar-refractivity contribution in [2.75, 3.05) is 0 Å². The van der Waals surface area contributed by atoms with Gasteiger partial charge in [-0.3, -0.25) is 0 Å². The third-order valence-electron chi connectivity index (χ3n) is 9.60. The maximum absolute atomic E-state index is 16.2. The van der Waals surface area contributed by atoms with Crippen molar-refractivity contribution in [1.29, 1.82) is 0 Å². The van der Waals surface area contributed by atoms with Crippen LogP contribution in [-0.2, 0) is 4.57 Å². The fourth-order valence-electron chi connectivity index (χ4n) is 7.11. The van der Waals surface area contributed by atoms with Crippen molar-refractivity contribution in [1.82, 2.24) is 15.0 Å². The Balaban J connectivity index is 1.31. The number of rotatable bonds is 4. The molecule has 0 N–H and O–H groups in total. The molecule has 0 aliphatic carbocycles. The van der Waals surface area contributed by atoms with Gasteiger partial charge < -0.3 is 4.57 Å². The summed E-state index contributed by atoms with van der Waals surface area (Å²) >= 11 is 1.78. The number of aromatic nitrogens is 3. The van der Waals surface area contributed by atoms with Gasteiger partial charge in [0.25, 0.3) is 0 Å². The van der Waals surface area contributed by atoms with E-state index in [1.165, 1.54) is 30.5 Å². The Morgan fingerprint density at radius 3 is 1.69 bits per heavy atom. The zero-order valence-electron chi connectivity index (χ0n) is 26.5. The predicted octanol–water partition coefficient (Wildman–Crippen LogP) is 8.02. The lowest BCUT2D eigenvalue weighted by molar-refractivity contribution is 0.592. The summed E-state index contributed by atoms with van der Waals surface area (Å²) in [5.74, 6) is 1.78. The van der Waals surface area contributed by atoms with E-state index in [4.69, 9.17) is 15.0 Å². The third-order valence-corrected chi connectivity index (χ3v) is 17.8. The molecule has 2 aromatic heterocycles. The molecule has 0 amide bonds. The Morgan fingerprint density at radius 1 is 0.500 bits per heavy atom. The molecule has 0 fully saturated rings. The van der Waals surface area contributed by atoms with E-state index in [1.807, 2.05) is 91.0 Å². The zero-order chi connectivity index (χ0) is 32.5. The van der Waals surface area contributed by atoms with Crippen LogP contribution in [0.25, 0.3) is 54.3 Å². The summed E-state index contributed by atoms with van der Waals surface area (Å²) in [6.07, 6.45) is 0. The van der Waals surface area contributed by atoms with Crippen LogP contribution in [0.3, 0.4) is 0 Å². The van der Waals surface area contributed by atoms with Crippen molar-refractivity contribution in [3.63, 3.8) is 0 Å². The number of fused-ring (bicyclic) bond motifs is 5. The fraction of sp³-hybridized carbons (Fsp3) is 0.0488. The summed E-state index contributed by atoms with van der Waals surface area (Å²) in [5, 5.41) is 7.69. The number of hydrogen-bond acceptors (Lipinski definition) is 5. The Hall–Kier alpha value is -5.00. The molecular weight excluding hydrogens is 642 g/mol. The Kier molecular flexibility index (Phi) is 6.70. The van der Waals surface area contributed by atoms with Crippen molar-refractivity contribution in [2.24, 2.45) is 0 Å². The molecular formula is C41H30N3OPSSi. The number of benzene rings is 6. The van der Waals surface area contributed by atoms with Crippen LogP contribution in [0.5, 0.6) is 0 Å². The molecule has 0 bridgehead atoms. The highest BCUT2D eigenvalue weighted by Gasteiger charge is 2.46. The molecule has 1 aliphatic rings. The first kappa shape index (κ1) is 29.2. The van der Waals surface area contributed by atoms with Crippen molar-refractivity contribution in [3.05, 3.63) is 146 Å². The van der Waals surface area contributed by atoms with Crippen molar-refractivity contribution in [2.45, 2.75) is 13.1 Å². The van der Waals surface area contributed by atoms with Gasteiger partial charge in [-0.1, -0.05) is 140 Å². The molecule has 1 unspecified atom stereocenters. The molecule has 8 aromatic rings. The summed E-state index contributed by atoms with van der Waals surface area (Å²) in [4.78, 5) is 14.9. The molecule has 7 heteroatoms. The fourth-order valence-corrected chi connectivity index (χ4v) is 16.5. The van der Waals surface area contributed by atoms with E-state index in [1.54, 1.807) is 11.3 Å². The maximum Gasteiger partial charge on any atom is 0.170 e. The van der Waals surface area contributed by atoms with Gasteiger partial charge in [-0.2, -0.15) is 0 Å². The maximum atomic E-state index is 16.2. The monoisotopic (exact) mass is 671 g/mol. The van der Waals surface area contributed by atoms with Gasteiger partial charge in [0.1, 0.15) is 8.07 Å². The highest BCUT2D eigenvalue weighted by molar-refractivity contribution is 7.87. The first-order valence-electron chi connectivity index (χ1n) is 16.1. The van der Waals surface area contributed by atoms with E-state index in [0.29, 0.717) is 17.5 Å². The number of thiophene rings is 1. The second-order valence-corrected chi connectivity index (χ2v) is 20.9. The topological polar surface area (TPSA) is 55.7 Å². The van der Waals surface area contributed by atoms with E-state index in [2.05, 4.69) is 67.7 Å².